The molecular weight excluding hydrogens is 794 g/mol. The third-order valence-corrected chi connectivity index (χ3v) is 9.76. The van der Waals surface area contributed by atoms with E-state index < -0.39 is 87.3 Å². The number of carbonyl (C=O) groups excluding carboxylic acids is 3. The largest absolute Gasteiger partial charge is 0.460 e. The summed E-state index contributed by atoms with van der Waals surface area (Å²) in [6.45, 7) is 0. The predicted molar refractivity (Wildman–Crippen MR) is 161 cm³/mol. The molecule has 1 saturated carbocycles. The third kappa shape index (κ3) is 7.09. The first-order valence-corrected chi connectivity index (χ1v) is 15.2. The number of benzene rings is 3. The second-order valence-electron chi connectivity index (χ2n) is 10.5. The molecule has 1 N–H and O–H groups in total. The van der Waals surface area contributed by atoms with E-state index in [0.29, 0.717) is 17.7 Å². The van der Waals surface area contributed by atoms with E-state index in [-0.39, 0.29) is 31.3 Å². The Kier molecular flexibility index (Phi) is 10.7. The molecule has 0 aromatic heterocycles. The first-order chi connectivity index (χ1) is 21.9. The van der Waals surface area contributed by atoms with Gasteiger partial charge in [0.2, 0.25) is 11.7 Å². The third-order valence-electron chi connectivity index (χ3n) is 7.29. The number of alkyl halides is 9. The number of Topliss-reactive ketones (excluding diaryl/α,β-unsaturated/α-hetero) is 2. The van der Waals surface area contributed by atoms with Gasteiger partial charge in [0.05, 0.1) is 26.0 Å². The molecule has 19 heteroatoms. The van der Waals surface area contributed by atoms with Crippen LogP contribution in [0.2, 0.25) is 20.1 Å². The summed E-state index contributed by atoms with van der Waals surface area (Å²) in [5.41, 5.74) is -2.32. The minimum atomic E-state index is -6.86. The Morgan fingerprint density at radius 1 is 0.792 bits per heavy atom. The number of nitrogens with one attached hydrogen (secondary N) is 1. The summed E-state index contributed by atoms with van der Waals surface area (Å²) in [6.07, 6.45) is -10.1. The smallest absolute Gasteiger partial charge is 0.326 e. The zero-order valence-corrected chi connectivity index (χ0v) is 27.5. The van der Waals surface area contributed by atoms with Gasteiger partial charge in [-0.1, -0.05) is 52.5 Å². The Morgan fingerprint density at radius 3 is 1.94 bits per heavy atom. The molecule has 0 unspecified atom stereocenters. The number of rotatable bonds is 10. The van der Waals surface area contributed by atoms with E-state index in [1.54, 1.807) is 0 Å². The number of anilines is 1. The number of halogens is 15. The Labute approximate surface area is 294 Å². The summed E-state index contributed by atoms with van der Waals surface area (Å²) < 4.78 is 119. The normalized spacial score (nSPS) is 17.6. The first kappa shape index (κ1) is 38.4. The van der Waals surface area contributed by atoms with Crippen molar-refractivity contribution in [3.63, 3.8) is 0 Å². The van der Waals surface area contributed by atoms with E-state index >= 15 is 4.39 Å². The fraction of sp³-hybridized carbons (Fsp3) is 0.276. The van der Waals surface area contributed by atoms with Crippen LogP contribution in [0.4, 0.5) is 45.2 Å². The van der Waals surface area contributed by atoms with Crippen molar-refractivity contribution < 1.29 is 53.9 Å². The summed E-state index contributed by atoms with van der Waals surface area (Å²) in [5.74, 6) is -23.5. The molecule has 0 aliphatic heterocycles. The maximum Gasteiger partial charge on any atom is 0.460 e. The quantitative estimate of drug-likeness (QED) is 0.0961. The zero-order chi connectivity index (χ0) is 36.3. The molecule has 0 spiro atoms. The van der Waals surface area contributed by atoms with Crippen LogP contribution in [0.1, 0.15) is 33.0 Å². The molecule has 3 aromatic carbocycles. The van der Waals surface area contributed by atoms with Gasteiger partial charge in [-0.05, 0) is 47.5 Å². The van der Waals surface area contributed by atoms with Crippen LogP contribution in [-0.4, -0.2) is 39.8 Å². The number of hydrogen-bond donors (Lipinski definition) is 1. The highest BCUT2D eigenvalue weighted by Gasteiger charge is 2.75. The number of amides is 1. The fourth-order valence-corrected chi connectivity index (χ4v) is 6.36. The monoisotopic (exact) mass is 805 g/mol. The van der Waals surface area contributed by atoms with E-state index in [4.69, 9.17) is 69.6 Å². The molecule has 4 rings (SSSR count). The molecule has 1 aliphatic rings. The van der Waals surface area contributed by atoms with Gasteiger partial charge >= 0.3 is 18.0 Å². The molecule has 4 nitrogen and oxygen atoms in total. The maximum atomic E-state index is 15.1. The predicted octanol–water partition coefficient (Wildman–Crippen LogP) is 10.5. The lowest BCUT2D eigenvalue weighted by Gasteiger charge is -2.27. The first-order valence-electron chi connectivity index (χ1n) is 12.9. The highest BCUT2D eigenvalue weighted by molar-refractivity contribution is 6.54. The summed E-state index contributed by atoms with van der Waals surface area (Å²) in [4.78, 5) is 37.9. The van der Waals surface area contributed by atoms with Gasteiger partial charge < -0.3 is 5.32 Å². The van der Waals surface area contributed by atoms with Gasteiger partial charge in [0.25, 0.3) is 0 Å². The van der Waals surface area contributed by atoms with E-state index in [1.165, 1.54) is 18.2 Å². The number of carbonyl (C=O) groups is 3. The molecule has 1 aliphatic carbocycles. The van der Waals surface area contributed by atoms with Gasteiger partial charge in [0.1, 0.15) is 16.0 Å². The lowest BCUT2D eigenvalue weighted by Crippen LogP contribution is -2.56. The molecule has 258 valence electrons. The van der Waals surface area contributed by atoms with E-state index in [1.807, 2.05) is 0 Å². The molecule has 0 saturated heterocycles. The maximum absolute atomic E-state index is 15.1. The van der Waals surface area contributed by atoms with Gasteiger partial charge in [-0.2, -0.15) is 30.7 Å². The van der Waals surface area contributed by atoms with Crippen molar-refractivity contribution in [3.8, 4) is 0 Å². The lowest BCUT2D eigenvalue weighted by molar-refractivity contribution is -0.343. The van der Waals surface area contributed by atoms with Crippen LogP contribution in [0, 0.1) is 17.6 Å². The molecule has 1 fully saturated rings. The topological polar surface area (TPSA) is 63.2 Å². The molecular formula is C29H14Cl6F9NO3. The van der Waals surface area contributed by atoms with Crippen LogP contribution in [0.3, 0.4) is 0 Å². The highest BCUT2D eigenvalue weighted by atomic mass is 35.5. The highest BCUT2D eigenvalue weighted by Crippen LogP contribution is 2.65. The Morgan fingerprint density at radius 2 is 1.38 bits per heavy atom. The standard InChI is InChI=1S/C29H14Cl6F9NO3/c30-15-3-2-12(45-25(48)22-21(26(22,34)35)11-5-16(31)23(33)17(32)6-11)8-13(15)19(46)7-10-1-4-18(36)14(24(10)37)9-20(47)27(38,39)28(40,41)29(42,43)44/h1-6,8,21-22H,7,9H2,(H,45,48)/t21-,22+/m0/s1. The molecule has 3 aromatic rings. The number of hydrogen-bond acceptors (Lipinski definition) is 3. The van der Waals surface area contributed by atoms with Crippen molar-refractivity contribution in [2.45, 2.75) is 41.1 Å². The SMILES string of the molecule is O=C(Cc1ccc(F)c(CC(=O)C(F)(F)C(F)(F)C(F)(F)F)c1F)c1cc(NC(=O)[C@H]2[C@H](c3cc(Cl)c(Cl)c(Cl)c3)C2(Cl)Cl)ccc1Cl. The van der Waals surface area contributed by atoms with Crippen molar-refractivity contribution in [2.75, 3.05) is 5.32 Å². The van der Waals surface area contributed by atoms with Crippen molar-refractivity contribution >= 4 is 92.8 Å². The summed E-state index contributed by atoms with van der Waals surface area (Å²) in [5, 5.41) is 2.47. The summed E-state index contributed by atoms with van der Waals surface area (Å²) in [7, 11) is 0. The minimum Gasteiger partial charge on any atom is -0.326 e. The van der Waals surface area contributed by atoms with Crippen molar-refractivity contribution in [1.82, 2.24) is 0 Å². The second-order valence-corrected chi connectivity index (χ2v) is 13.5. The van der Waals surface area contributed by atoms with Gasteiger partial charge in [-0.3, -0.25) is 14.4 Å². The molecule has 0 bridgehead atoms. The van der Waals surface area contributed by atoms with E-state index in [9.17, 15) is 49.5 Å². The molecule has 1 amide bonds. The van der Waals surface area contributed by atoms with Crippen LogP contribution in [0.5, 0.6) is 0 Å². The zero-order valence-electron chi connectivity index (χ0n) is 23.0. The van der Waals surface area contributed by atoms with Crippen molar-refractivity contribution in [2.24, 2.45) is 5.92 Å². The molecule has 0 radical (unpaired) electrons. The van der Waals surface area contributed by atoms with E-state index in [0.717, 1.165) is 12.1 Å². The van der Waals surface area contributed by atoms with Crippen LogP contribution in [0.25, 0.3) is 0 Å². The molecule has 0 heterocycles. The minimum absolute atomic E-state index is 0.0339. The average Bonchev–Trinajstić information content (AvgIpc) is 3.56. The molecule has 48 heavy (non-hydrogen) atoms. The lowest BCUT2D eigenvalue weighted by atomic mass is 9.95. The van der Waals surface area contributed by atoms with Gasteiger partial charge in [0, 0.05) is 35.6 Å². The Balaban J connectivity index is 1.53. The van der Waals surface area contributed by atoms with Crippen molar-refractivity contribution in [3.05, 3.63) is 96.4 Å². The van der Waals surface area contributed by atoms with Gasteiger partial charge in [-0.15, -0.1) is 23.2 Å². The second kappa shape index (κ2) is 13.4. The van der Waals surface area contributed by atoms with Gasteiger partial charge in [-0.25, -0.2) is 8.78 Å². The van der Waals surface area contributed by atoms with Crippen LogP contribution in [0.15, 0.2) is 42.5 Å². The summed E-state index contributed by atoms with van der Waals surface area (Å²) >= 11 is 36.9. The number of ketones is 2. The fourth-order valence-electron chi connectivity index (χ4n) is 4.70. The Hall–Kier alpha value is -2.42. The molecule has 2 atom stereocenters. The van der Waals surface area contributed by atoms with Crippen LogP contribution >= 0.6 is 69.6 Å². The van der Waals surface area contributed by atoms with E-state index in [2.05, 4.69) is 5.32 Å². The van der Waals surface area contributed by atoms with Crippen LogP contribution < -0.4 is 5.32 Å². The van der Waals surface area contributed by atoms with Gasteiger partial charge in [0.15, 0.2) is 5.78 Å². The van der Waals surface area contributed by atoms with Crippen molar-refractivity contribution in [1.29, 1.82) is 0 Å². The summed E-state index contributed by atoms with van der Waals surface area (Å²) in [6, 6.07) is 7.39. The van der Waals surface area contributed by atoms with Crippen LogP contribution in [-0.2, 0) is 22.4 Å². The average molecular weight is 808 g/mol. The Bertz CT molecular complexity index is 1810.